The Kier molecular flexibility index (Phi) is 5.23. The van der Waals surface area contributed by atoms with Gasteiger partial charge in [0.05, 0.1) is 0 Å². The summed E-state index contributed by atoms with van der Waals surface area (Å²) >= 11 is 0. The SMILES string of the molecule is C#CCOC(=O)/C=C/C(=O)NC(N)=O. The first kappa shape index (κ1) is 11.7. The number of hydrogen-bond donors (Lipinski definition) is 2. The van der Waals surface area contributed by atoms with E-state index >= 15 is 0 Å². The second kappa shape index (κ2) is 6.25. The number of nitrogens with one attached hydrogen (secondary N) is 1. The smallest absolute Gasteiger partial charge is 0.331 e. The predicted octanol–water partition coefficient (Wildman–Crippen LogP) is -1.09. The standard InChI is InChI=1S/C8H8N2O4/c1-2-5-14-7(12)4-3-6(11)10-8(9)13/h1,3-4H,5H2,(H3,9,10,11,13)/b4-3+. The lowest BCUT2D eigenvalue weighted by atomic mass is 10.4. The van der Waals surface area contributed by atoms with Crippen LogP contribution >= 0.6 is 0 Å². The van der Waals surface area contributed by atoms with Crippen molar-refractivity contribution in [1.29, 1.82) is 0 Å². The van der Waals surface area contributed by atoms with Gasteiger partial charge in [0.15, 0.2) is 6.61 Å². The minimum Gasteiger partial charge on any atom is -0.449 e. The average Bonchev–Trinajstić information content (AvgIpc) is 2.10. The Labute approximate surface area is 80.1 Å². The molecule has 0 saturated carbocycles. The molecule has 0 heterocycles. The molecule has 6 nitrogen and oxygen atoms in total. The number of ether oxygens (including phenoxy) is 1. The van der Waals surface area contributed by atoms with Crippen molar-refractivity contribution >= 4 is 17.9 Å². The molecule has 0 aromatic carbocycles. The maximum Gasteiger partial charge on any atom is 0.331 e. The number of nitrogens with two attached hydrogens (primary N) is 1. The molecule has 3 amide bonds. The summed E-state index contributed by atoms with van der Waals surface area (Å²) in [5, 5.41) is 1.72. The molecule has 0 unspecified atom stereocenters. The normalized spacial score (nSPS) is 9.07. The Hall–Kier alpha value is -2.29. The summed E-state index contributed by atoms with van der Waals surface area (Å²) in [6, 6.07) is -1.00. The molecule has 0 radical (unpaired) electrons. The van der Waals surface area contributed by atoms with Gasteiger partial charge in [-0.2, -0.15) is 0 Å². The van der Waals surface area contributed by atoms with Crippen LogP contribution in [0.25, 0.3) is 0 Å². The van der Waals surface area contributed by atoms with Crippen LogP contribution < -0.4 is 11.1 Å². The third-order valence-corrected chi connectivity index (χ3v) is 0.915. The fraction of sp³-hybridized carbons (Fsp3) is 0.125. The number of primary amides is 1. The second-order valence-electron chi connectivity index (χ2n) is 2.00. The van der Waals surface area contributed by atoms with Crippen LogP contribution in [0.1, 0.15) is 0 Å². The number of carbonyl (C=O) groups excluding carboxylic acids is 3. The van der Waals surface area contributed by atoms with Crippen molar-refractivity contribution in [3.05, 3.63) is 12.2 Å². The molecule has 14 heavy (non-hydrogen) atoms. The Morgan fingerprint density at radius 1 is 1.43 bits per heavy atom. The van der Waals surface area contributed by atoms with E-state index in [-0.39, 0.29) is 6.61 Å². The van der Waals surface area contributed by atoms with Crippen molar-refractivity contribution in [1.82, 2.24) is 5.32 Å². The number of carbonyl (C=O) groups is 3. The Bertz CT molecular complexity index is 314. The van der Waals surface area contributed by atoms with Crippen molar-refractivity contribution in [3.63, 3.8) is 0 Å². The number of hydrogen-bond acceptors (Lipinski definition) is 4. The van der Waals surface area contributed by atoms with Gasteiger partial charge in [0.1, 0.15) is 0 Å². The van der Waals surface area contributed by atoms with Crippen LogP contribution in [0.3, 0.4) is 0 Å². The van der Waals surface area contributed by atoms with E-state index in [0.29, 0.717) is 0 Å². The summed E-state index contributed by atoms with van der Waals surface area (Å²) < 4.78 is 4.39. The van der Waals surface area contributed by atoms with E-state index in [1.165, 1.54) is 0 Å². The number of amides is 3. The maximum atomic E-state index is 10.7. The predicted molar refractivity (Wildman–Crippen MR) is 46.7 cm³/mol. The van der Waals surface area contributed by atoms with Crippen molar-refractivity contribution in [2.75, 3.05) is 6.61 Å². The molecule has 0 fully saturated rings. The number of urea groups is 1. The fourth-order valence-corrected chi connectivity index (χ4v) is 0.468. The van der Waals surface area contributed by atoms with E-state index in [2.05, 4.69) is 16.4 Å². The second-order valence-corrected chi connectivity index (χ2v) is 2.00. The van der Waals surface area contributed by atoms with Crippen LogP contribution in [-0.2, 0) is 14.3 Å². The van der Waals surface area contributed by atoms with Gasteiger partial charge in [-0.3, -0.25) is 10.1 Å². The van der Waals surface area contributed by atoms with Crippen molar-refractivity contribution < 1.29 is 19.1 Å². The molecule has 0 atom stereocenters. The highest BCUT2D eigenvalue weighted by Gasteiger charge is 2.00. The molecule has 0 rings (SSSR count). The van der Waals surface area contributed by atoms with Gasteiger partial charge in [-0.25, -0.2) is 9.59 Å². The Balaban J connectivity index is 3.92. The highest BCUT2D eigenvalue weighted by atomic mass is 16.5. The van der Waals surface area contributed by atoms with Crippen LogP contribution in [-0.4, -0.2) is 24.5 Å². The molecule has 0 aromatic rings. The van der Waals surface area contributed by atoms with Crippen LogP contribution in [0, 0.1) is 12.3 Å². The lowest BCUT2D eigenvalue weighted by Gasteiger charge is -1.94. The molecule has 0 spiro atoms. The lowest BCUT2D eigenvalue weighted by molar-refractivity contribution is -0.136. The van der Waals surface area contributed by atoms with Crippen molar-refractivity contribution in [2.24, 2.45) is 5.73 Å². The van der Waals surface area contributed by atoms with Crippen LogP contribution in [0.4, 0.5) is 4.79 Å². The first-order valence-corrected chi connectivity index (χ1v) is 3.45. The van der Waals surface area contributed by atoms with Crippen molar-refractivity contribution in [3.8, 4) is 12.3 Å². The zero-order valence-electron chi connectivity index (χ0n) is 7.15. The van der Waals surface area contributed by atoms with Crippen LogP contribution in [0.2, 0.25) is 0 Å². The van der Waals surface area contributed by atoms with Gasteiger partial charge in [0.2, 0.25) is 0 Å². The van der Waals surface area contributed by atoms with E-state index in [0.717, 1.165) is 12.2 Å². The Morgan fingerprint density at radius 2 is 2.07 bits per heavy atom. The summed E-state index contributed by atoms with van der Waals surface area (Å²) in [6.07, 6.45) is 6.44. The molecule has 0 aliphatic heterocycles. The van der Waals surface area contributed by atoms with Gasteiger partial charge in [-0.15, -0.1) is 6.42 Å². The number of imide groups is 1. The molecular formula is C8H8N2O4. The van der Waals surface area contributed by atoms with Crippen LogP contribution in [0.5, 0.6) is 0 Å². The number of terminal acetylenes is 1. The summed E-state index contributed by atoms with van der Waals surface area (Å²) in [6.45, 7) is -0.180. The molecule has 0 aliphatic carbocycles. The number of esters is 1. The monoisotopic (exact) mass is 196 g/mol. The van der Waals surface area contributed by atoms with E-state index in [4.69, 9.17) is 6.42 Å². The van der Waals surface area contributed by atoms with Gasteiger partial charge in [-0.1, -0.05) is 5.92 Å². The molecule has 0 bridgehead atoms. The summed E-state index contributed by atoms with van der Waals surface area (Å²) in [7, 11) is 0. The third-order valence-electron chi connectivity index (χ3n) is 0.915. The van der Waals surface area contributed by atoms with Gasteiger partial charge < -0.3 is 10.5 Å². The van der Waals surface area contributed by atoms with Crippen LogP contribution in [0.15, 0.2) is 12.2 Å². The fourth-order valence-electron chi connectivity index (χ4n) is 0.468. The molecular weight excluding hydrogens is 188 g/mol. The van der Waals surface area contributed by atoms with E-state index in [1.807, 2.05) is 0 Å². The average molecular weight is 196 g/mol. The largest absolute Gasteiger partial charge is 0.449 e. The first-order chi connectivity index (χ1) is 6.56. The molecule has 0 aromatic heterocycles. The van der Waals surface area contributed by atoms with E-state index < -0.39 is 17.9 Å². The molecule has 6 heteroatoms. The van der Waals surface area contributed by atoms with E-state index in [1.54, 1.807) is 5.32 Å². The minimum atomic E-state index is -1.00. The zero-order chi connectivity index (χ0) is 11.0. The quantitative estimate of drug-likeness (QED) is 0.340. The summed E-state index contributed by atoms with van der Waals surface area (Å²) in [4.78, 5) is 31.5. The van der Waals surface area contributed by atoms with Gasteiger partial charge in [0.25, 0.3) is 5.91 Å². The molecule has 0 aliphatic rings. The number of rotatable bonds is 3. The highest BCUT2D eigenvalue weighted by molar-refractivity contribution is 6.02. The third kappa shape index (κ3) is 6.42. The minimum absolute atomic E-state index is 0.180. The van der Waals surface area contributed by atoms with Gasteiger partial charge >= 0.3 is 12.0 Å². The lowest BCUT2D eigenvalue weighted by Crippen LogP contribution is -2.33. The summed E-state index contributed by atoms with van der Waals surface area (Å²) in [5.74, 6) is 0.481. The maximum absolute atomic E-state index is 10.7. The van der Waals surface area contributed by atoms with E-state index in [9.17, 15) is 14.4 Å². The van der Waals surface area contributed by atoms with Gasteiger partial charge in [0, 0.05) is 12.2 Å². The van der Waals surface area contributed by atoms with Gasteiger partial charge in [-0.05, 0) is 0 Å². The highest BCUT2D eigenvalue weighted by Crippen LogP contribution is 1.81. The molecule has 74 valence electrons. The van der Waals surface area contributed by atoms with Crippen molar-refractivity contribution in [2.45, 2.75) is 0 Å². The summed E-state index contributed by atoms with van der Waals surface area (Å²) in [5.41, 5.74) is 4.63. The topological polar surface area (TPSA) is 98.5 Å². The molecule has 3 N–H and O–H groups in total. The first-order valence-electron chi connectivity index (χ1n) is 3.45. The zero-order valence-corrected chi connectivity index (χ0v) is 7.15. The molecule has 0 saturated heterocycles. The Morgan fingerprint density at radius 3 is 2.57 bits per heavy atom.